The van der Waals surface area contributed by atoms with Crippen molar-refractivity contribution < 1.29 is 9.84 Å². The van der Waals surface area contributed by atoms with Gasteiger partial charge in [-0.05, 0) is 17.7 Å². The molecular formula is C17H17N5O3. The monoisotopic (exact) mass is 339 g/mol. The number of aliphatic hydroxyl groups is 1. The highest BCUT2D eigenvalue weighted by atomic mass is 16.5. The molecule has 0 aliphatic rings. The fourth-order valence-corrected chi connectivity index (χ4v) is 2.46. The normalized spacial score (nSPS) is 12.0. The third kappa shape index (κ3) is 3.67. The molecular weight excluding hydrogens is 322 g/mol. The second-order valence-electron chi connectivity index (χ2n) is 5.65. The Morgan fingerprint density at radius 2 is 2.12 bits per heavy atom. The maximum Gasteiger partial charge on any atom is 0.264 e. The fraction of sp³-hybridized carbons (Fsp3) is 0.294. The predicted octanol–water partition coefficient (Wildman–Crippen LogP) is 0.636. The van der Waals surface area contributed by atoms with Gasteiger partial charge in [0.05, 0.1) is 25.2 Å². The first-order valence-electron chi connectivity index (χ1n) is 7.72. The summed E-state index contributed by atoms with van der Waals surface area (Å²) in [5, 5.41) is 23.2. The van der Waals surface area contributed by atoms with Gasteiger partial charge in [0.25, 0.3) is 5.56 Å². The molecule has 0 fully saturated rings. The van der Waals surface area contributed by atoms with Crippen LogP contribution in [0.4, 0.5) is 0 Å². The zero-order valence-corrected chi connectivity index (χ0v) is 13.7. The molecule has 128 valence electrons. The van der Waals surface area contributed by atoms with Gasteiger partial charge in [0, 0.05) is 7.05 Å². The summed E-state index contributed by atoms with van der Waals surface area (Å²) < 4.78 is 8.39. The van der Waals surface area contributed by atoms with E-state index in [1.54, 1.807) is 31.3 Å². The number of rotatable bonds is 6. The predicted molar refractivity (Wildman–Crippen MR) is 90.0 cm³/mol. The molecule has 0 radical (unpaired) electrons. The number of ether oxygens (including phenoxy) is 1. The van der Waals surface area contributed by atoms with Crippen LogP contribution >= 0.6 is 0 Å². The second-order valence-corrected chi connectivity index (χ2v) is 5.65. The van der Waals surface area contributed by atoms with E-state index in [-0.39, 0.29) is 18.7 Å². The lowest BCUT2D eigenvalue weighted by atomic mass is 10.2. The van der Waals surface area contributed by atoms with E-state index in [0.29, 0.717) is 23.2 Å². The van der Waals surface area contributed by atoms with Gasteiger partial charge in [-0.15, -0.1) is 0 Å². The van der Waals surface area contributed by atoms with Crippen molar-refractivity contribution in [2.45, 2.75) is 19.1 Å². The first-order valence-corrected chi connectivity index (χ1v) is 7.72. The van der Waals surface area contributed by atoms with E-state index < -0.39 is 6.10 Å². The van der Waals surface area contributed by atoms with Gasteiger partial charge in [0.15, 0.2) is 5.65 Å². The van der Waals surface area contributed by atoms with E-state index in [4.69, 9.17) is 10.00 Å². The largest absolute Gasteiger partial charge is 0.491 e. The standard InChI is InChI=1S/C17H17N5O3/c1-21-16-15(8-20-21)17(24)22(11-19-16)9-13(23)10-25-14-4-2-12(3-5-14)6-7-18/h2-5,8,11,13,23H,6,9-10H2,1H3. The van der Waals surface area contributed by atoms with Gasteiger partial charge >= 0.3 is 0 Å². The summed E-state index contributed by atoms with van der Waals surface area (Å²) in [7, 11) is 1.71. The molecule has 0 saturated carbocycles. The van der Waals surface area contributed by atoms with Gasteiger partial charge in [-0.1, -0.05) is 12.1 Å². The first kappa shape index (κ1) is 16.7. The van der Waals surface area contributed by atoms with Crippen molar-refractivity contribution in [2.24, 2.45) is 7.05 Å². The number of nitrogens with zero attached hydrogens (tertiary/aromatic N) is 5. The molecule has 0 aliphatic heterocycles. The van der Waals surface area contributed by atoms with E-state index in [2.05, 4.69) is 16.2 Å². The average molecular weight is 339 g/mol. The van der Waals surface area contributed by atoms with Crippen LogP contribution in [0.2, 0.25) is 0 Å². The van der Waals surface area contributed by atoms with Gasteiger partial charge in [0.2, 0.25) is 0 Å². The van der Waals surface area contributed by atoms with Crippen molar-refractivity contribution in [3.8, 4) is 11.8 Å². The van der Waals surface area contributed by atoms with Crippen LogP contribution < -0.4 is 10.3 Å². The Kier molecular flexibility index (Phi) is 4.77. The summed E-state index contributed by atoms with van der Waals surface area (Å²) in [6, 6.07) is 9.17. The van der Waals surface area contributed by atoms with Crippen molar-refractivity contribution in [3.63, 3.8) is 0 Å². The Labute approximate surface area is 143 Å². The van der Waals surface area contributed by atoms with Crippen LogP contribution in [0.5, 0.6) is 5.75 Å². The molecule has 1 unspecified atom stereocenters. The first-order chi connectivity index (χ1) is 12.1. The number of aryl methyl sites for hydroxylation is 1. The van der Waals surface area contributed by atoms with Crippen LogP contribution in [-0.2, 0) is 20.0 Å². The summed E-state index contributed by atoms with van der Waals surface area (Å²) in [6.45, 7) is 0.109. The van der Waals surface area contributed by atoms with Gasteiger partial charge in [-0.3, -0.25) is 14.0 Å². The molecule has 25 heavy (non-hydrogen) atoms. The van der Waals surface area contributed by atoms with Crippen LogP contribution in [0.3, 0.4) is 0 Å². The molecule has 1 atom stereocenters. The Morgan fingerprint density at radius 3 is 2.84 bits per heavy atom. The summed E-state index contributed by atoms with van der Waals surface area (Å²) in [6.07, 6.45) is 2.33. The van der Waals surface area contributed by atoms with Crippen LogP contribution in [-0.4, -0.2) is 37.1 Å². The summed E-state index contributed by atoms with van der Waals surface area (Å²) in [5.41, 5.74) is 1.15. The van der Waals surface area contributed by atoms with E-state index in [9.17, 15) is 9.90 Å². The molecule has 3 aromatic rings. The zero-order valence-electron chi connectivity index (χ0n) is 13.7. The molecule has 0 saturated heterocycles. The minimum atomic E-state index is -0.868. The number of aliphatic hydroxyl groups excluding tert-OH is 1. The average Bonchev–Trinajstić information content (AvgIpc) is 2.99. The number of fused-ring (bicyclic) bond motifs is 1. The second kappa shape index (κ2) is 7.15. The zero-order chi connectivity index (χ0) is 17.8. The summed E-state index contributed by atoms with van der Waals surface area (Å²) in [5.74, 6) is 0.592. The maximum atomic E-state index is 12.3. The molecule has 2 heterocycles. The van der Waals surface area contributed by atoms with Gasteiger partial charge in [0.1, 0.15) is 30.2 Å². The van der Waals surface area contributed by atoms with Crippen molar-refractivity contribution in [2.75, 3.05) is 6.61 Å². The molecule has 8 nitrogen and oxygen atoms in total. The highest BCUT2D eigenvalue weighted by Crippen LogP contribution is 2.13. The highest BCUT2D eigenvalue weighted by molar-refractivity contribution is 5.72. The SMILES string of the molecule is Cn1ncc2c(=O)n(CC(O)COc3ccc(CC#N)cc3)cnc21. The van der Waals surface area contributed by atoms with E-state index in [0.717, 1.165) is 5.56 Å². The maximum absolute atomic E-state index is 12.3. The minimum absolute atomic E-state index is 0.0368. The van der Waals surface area contributed by atoms with Crippen molar-refractivity contribution >= 4 is 11.0 Å². The summed E-state index contributed by atoms with van der Waals surface area (Å²) in [4.78, 5) is 16.5. The number of nitriles is 1. The Balaban J connectivity index is 1.63. The lowest BCUT2D eigenvalue weighted by Crippen LogP contribution is -2.30. The molecule has 3 rings (SSSR count). The van der Waals surface area contributed by atoms with Gasteiger partial charge < -0.3 is 9.84 Å². The number of hydrogen-bond acceptors (Lipinski definition) is 6. The van der Waals surface area contributed by atoms with Crippen LogP contribution in [0.1, 0.15) is 5.56 Å². The van der Waals surface area contributed by atoms with E-state index in [1.807, 2.05) is 0 Å². The number of benzene rings is 1. The molecule has 0 amide bonds. The molecule has 0 bridgehead atoms. The smallest absolute Gasteiger partial charge is 0.264 e. The van der Waals surface area contributed by atoms with Crippen molar-refractivity contribution in [1.29, 1.82) is 5.26 Å². The fourth-order valence-electron chi connectivity index (χ4n) is 2.46. The molecule has 2 aromatic heterocycles. The number of hydrogen-bond donors (Lipinski definition) is 1. The van der Waals surface area contributed by atoms with Gasteiger partial charge in [-0.2, -0.15) is 10.4 Å². The number of aromatic nitrogens is 4. The lowest BCUT2D eigenvalue weighted by Gasteiger charge is -2.14. The molecule has 8 heteroatoms. The molecule has 0 spiro atoms. The topological polar surface area (TPSA) is 106 Å². The Morgan fingerprint density at radius 1 is 1.36 bits per heavy atom. The van der Waals surface area contributed by atoms with Crippen molar-refractivity contribution in [1.82, 2.24) is 19.3 Å². The molecule has 0 aliphatic carbocycles. The molecule has 1 N–H and O–H groups in total. The highest BCUT2D eigenvalue weighted by Gasteiger charge is 2.12. The van der Waals surface area contributed by atoms with E-state index >= 15 is 0 Å². The molecule has 1 aromatic carbocycles. The quantitative estimate of drug-likeness (QED) is 0.706. The Bertz CT molecular complexity index is 969. The van der Waals surface area contributed by atoms with Crippen LogP contribution in [0.15, 0.2) is 41.6 Å². The summed E-state index contributed by atoms with van der Waals surface area (Å²) >= 11 is 0. The van der Waals surface area contributed by atoms with Gasteiger partial charge in [-0.25, -0.2) is 4.98 Å². The van der Waals surface area contributed by atoms with Crippen molar-refractivity contribution in [3.05, 3.63) is 52.7 Å². The minimum Gasteiger partial charge on any atom is -0.491 e. The third-order valence-corrected chi connectivity index (χ3v) is 3.77. The third-order valence-electron chi connectivity index (χ3n) is 3.77. The lowest BCUT2D eigenvalue weighted by molar-refractivity contribution is 0.0915. The van der Waals surface area contributed by atoms with Crippen LogP contribution in [0, 0.1) is 11.3 Å². The van der Waals surface area contributed by atoms with E-state index in [1.165, 1.54) is 21.8 Å². The van der Waals surface area contributed by atoms with Crippen LogP contribution in [0.25, 0.3) is 11.0 Å². The Hall–Kier alpha value is -3.18.